The lowest BCUT2D eigenvalue weighted by molar-refractivity contribution is -0.133. The minimum atomic E-state index is -3.69. The molecule has 1 amide bonds. The van der Waals surface area contributed by atoms with Crippen LogP contribution in [0.25, 0.3) is 0 Å². The van der Waals surface area contributed by atoms with E-state index >= 15 is 0 Å². The summed E-state index contributed by atoms with van der Waals surface area (Å²) >= 11 is 0. The highest BCUT2D eigenvalue weighted by Gasteiger charge is 2.32. The minimum Gasteiger partial charge on any atom is -0.493 e. The Hall–Kier alpha value is -2.82. The Labute approximate surface area is 201 Å². The lowest BCUT2D eigenvalue weighted by Gasteiger charge is -2.34. The molecule has 1 N–H and O–H groups in total. The van der Waals surface area contributed by atoms with E-state index in [1.165, 1.54) is 30.7 Å². The first-order valence-corrected chi connectivity index (χ1v) is 12.9. The quantitative estimate of drug-likeness (QED) is 0.605. The first-order valence-electron chi connectivity index (χ1n) is 11.4. The number of methoxy groups -OCH3 is 2. The molecule has 1 unspecified atom stereocenters. The van der Waals surface area contributed by atoms with Crippen LogP contribution in [0.2, 0.25) is 0 Å². The normalized spacial score (nSPS) is 19.7. The van der Waals surface area contributed by atoms with Crippen LogP contribution in [-0.4, -0.2) is 94.5 Å². The second-order valence-electron chi connectivity index (χ2n) is 8.53. The Morgan fingerprint density at radius 1 is 0.971 bits per heavy atom. The topological polar surface area (TPSA) is 91.4 Å². The lowest BCUT2D eigenvalue weighted by Crippen LogP contribution is -2.52. The molecule has 2 fully saturated rings. The fourth-order valence-electron chi connectivity index (χ4n) is 4.46. The van der Waals surface area contributed by atoms with Gasteiger partial charge in [0.05, 0.1) is 25.7 Å². The van der Waals surface area contributed by atoms with Gasteiger partial charge in [-0.3, -0.25) is 9.69 Å². The Morgan fingerprint density at radius 3 is 2.35 bits per heavy atom. The van der Waals surface area contributed by atoms with Gasteiger partial charge in [-0.15, -0.1) is 0 Å². The van der Waals surface area contributed by atoms with E-state index in [-0.39, 0.29) is 23.9 Å². The molecule has 0 spiro atoms. The van der Waals surface area contributed by atoms with Crippen LogP contribution in [0.15, 0.2) is 53.4 Å². The van der Waals surface area contributed by atoms with Crippen LogP contribution in [0.3, 0.4) is 0 Å². The van der Waals surface area contributed by atoms with Gasteiger partial charge in [0.1, 0.15) is 0 Å². The molecule has 2 aliphatic heterocycles. The lowest BCUT2D eigenvalue weighted by atomic mass is 10.2. The van der Waals surface area contributed by atoms with Crippen molar-refractivity contribution in [2.45, 2.75) is 17.4 Å². The van der Waals surface area contributed by atoms with Crippen molar-refractivity contribution in [2.75, 3.05) is 65.3 Å². The summed E-state index contributed by atoms with van der Waals surface area (Å²) in [6, 6.07) is 15.0. The smallest absolute Gasteiger partial charge is 0.243 e. The van der Waals surface area contributed by atoms with Crippen LogP contribution in [-0.2, 0) is 14.8 Å². The number of carbonyl (C=O) groups excluding carboxylic acids is 1. The van der Waals surface area contributed by atoms with Crippen LogP contribution >= 0.6 is 0 Å². The number of ether oxygens (including phenoxy) is 2. The van der Waals surface area contributed by atoms with Crippen molar-refractivity contribution >= 4 is 21.6 Å². The summed E-state index contributed by atoms with van der Waals surface area (Å²) in [5, 5.41) is 3.52. The molecule has 2 heterocycles. The molecule has 1 atom stereocenters. The third-order valence-corrected chi connectivity index (χ3v) is 8.25. The zero-order valence-corrected chi connectivity index (χ0v) is 20.5. The second kappa shape index (κ2) is 10.6. The number of carbonyl (C=O) groups is 1. The molecule has 0 saturated carbocycles. The predicted octanol–water partition coefficient (Wildman–Crippen LogP) is 1.72. The largest absolute Gasteiger partial charge is 0.493 e. The molecule has 2 saturated heterocycles. The number of sulfonamides is 1. The number of anilines is 1. The predicted molar refractivity (Wildman–Crippen MR) is 130 cm³/mol. The summed E-state index contributed by atoms with van der Waals surface area (Å²) in [5.41, 5.74) is 1.09. The monoisotopic (exact) mass is 488 g/mol. The number of hydrogen-bond donors (Lipinski definition) is 1. The highest BCUT2D eigenvalue weighted by Crippen LogP contribution is 2.31. The summed E-state index contributed by atoms with van der Waals surface area (Å²) in [7, 11) is -0.712. The van der Waals surface area contributed by atoms with Gasteiger partial charge in [0.15, 0.2) is 11.5 Å². The number of benzene rings is 2. The first-order chi connectivity index (χ1) is 16.4. The number of amides is 1. The molecule has 10 heteroatoms. The maximum Gasteiger partial charge on any atom is 0.243 e. The third-order valence-electron chi connectivity index (χ3n) is 6.36. The fourth-order valence-corrected chi connectivity index (χ4v) is 5.90. The number of piperazine rings is 1. The van der Waals surface area contributed by atoms with E-state index in [0.29, 0.717) is 37.2 Å². The maximum absolute atomic E-state index is 13.1. The van der Waals surface area contributed by atoms with E-state index in [1.54, 1.807) is 11.0 Å². The highest BCUT2D eigenvalue weighted by atomic mass is 32.2. The Bertz CT molecular complexity index is 1090. The Kier molecular flexibility index (Phi) is 7.60. The molecule has 2 aliphatic rings. The van der Waals surface area contributed by atoms with Crippen LogP contribution in [0.5, 0.6) is 11.5 Å². The summed E-state index contributed by atoms with van der Waals surface area (Å²) in [5.74, 6) is 0.881. The van der Waals surface area contributed by atoms with Gasteiger partial charge in [-0.05, 0) is 30.7 Å². The average Bonchev–Trinajstić information content (AvgIpc) is 3.30. The van der Waals surface area contributed by atoms with Crippen LogP contribution in [0, 0.1) is 0 Å². The number of nitrogens with one attached hydrogen (secondary N) is 1. The van der Waals surface area contributed by atoms with Crippen LogP contribution < -0.4 is 14.8 Å². The van der Waals surface area contributed by atoms with Gasteiger partial charge in [0, 0.05) is 57.1 Å². The standard InChI is InChI=1S/C24H32N4O5S/c1-32-22-9-8-21(16-23(22)33-2)34(30,31)28-14-12-27(13-15-28)24(29)18-26-11-10-20(17-26)25-19-6-4-3-5-7-19/h3-9,16,20,25H,10-15,17-18H2,1-2H3. The molecule has 2 aromatic rings. The second-order valence-corrected chi connectivity index (χ2v) is 10.5. The highest BCUT2D eigenvalue weighted by molar-refractivity contribution is 7.89. The molecule has 9 nitrogen and oxygen atoms in total. The van der Waals surface area contributed by atoms with Gasteiger partial charge in [-0.1, -0.05) is 18.2 Å². The van der Waals surface area contributed by atoms with Gasteiger partial charge in [0.2, 0.25) is 15.9 Å². The van der Waals surface area contributed by atoms with Gasteiger partial charge < -0.3 is 19.7 Å². The van der Waals surface area contributed by atoms with Crippen molar-refractivity contribution < 1.29 is 22.7 Å². The fraction of sp³-hybridized carbons (Fsp3) is 0.458. The van der Waals surface area contributed by atoms with E-state index in [2.05, 4.69) is 10.2 Å². The van der Waals surface area contributed by atoms with Gasteiger partial charge in [0.25, 0.3) is 0 Å². The van der Waals surface area contributed by atoms with Crippen molar-refractivity contribution in [3.05, 3.63) is 48.5 Å². The molecule has 0 aliphatic carbocycles. The summed E-state index contributed by atoms with van der Waals surface area (Å²) in [6.07, 6.45) is 0.986. The Balaban J connectivity index is 1.28. The minimum absolute atomic E-state index is 0.0449. The third kappa shape index (κ3) is 5.45. The first kappa shape index (κ1) is 24.3. The van der Waals surface area contributed by atoms with E-state index in [1.807, 2.05) is 30.3 Å². The number of para-hydroxylation sites is 1. The van der Waals surface area contributed by atoms with Gasteiger partial charge >= 0.3 is 0 Å². The SMILES string of the molecule is COc1ccc(S(=O)(=O)N2CCN(C(=O)CN3CCC(Nc4ccccc4)C3)CC2)cc1OC. The number of likely N-dealkylation sites (tertiary alicyclic amines) is 1. The molecule has 0 aromatic heterocycles. The zero-order valence-electron chi connectivity index (χ0n) is 19.6. The molecule has 34 heavy (non-hydrogen) atoms. The van der Waals surface area contributed by atoms with E-state index < -0.39 is 10.0 Å². The van der Waals surface area contributed by atoms with Crippen molar-refractivity contribution in [2.24, 2.45) is 0 Å². The molecule has 4 rings (SSSR count). The van der Waals surface area contributed by atoms with Crippen molar-refractivity contribution in [1.82, 2.24) is 14.1 Å². The zero-order chi connectivity index (χ0) is 24.1. The summed E-state index contributed by atoms with van der Waals surface area (Å²) in [4.78, 5) is 16.9. The van der Waals surface area contributed by atoms with Gasteiger partial charge in [-0.25, -0.2) is 8.42 Å². The average molecular weight is 489 g/mol. The van der Waals surface area contributed by atoms with Crippen molar-refractivity contribution in [1.29, 1.82) is 0 Å². The molecular weight excluding hydrogens is 456 g/mol. The number of hydrogen-bond acceptors (Lipinski definition) is 7. The molecular formula is C24H32N4O5S. The molecule has 0 radical (unpaired) electrons. The molecule has 2 aromatic carbocycles. The summed E-state index contributed by atoms with van der Waals surface area (Å²) < 4.78 is 38.1. The van der Waals surface area contributed by atoms with E-state index in [4.69, 9.17) is 9.47 Å². The van der Waals surface area contributed by atoms with Crippen molar-refractivity contribution in [3.8, 4) is 11.5 Å². The maximum atomic E-state index is 13.1. The molecule has 0 bridgehead atoms. The van der Waals surface area contributed by atoms with Crippen molar-refractivity contribution in [3.63, 3.8) is 0 Å². The van der Waals surface area contributed by atoms with E-state index in [9.17, 15) is 13.2 Å². The van der Waals surface area contributed by atoms with Crippen LogP contribution in [0.4, 0.5) is 5.69 Å². The van der Waals surface area contributed by atoms with Gasteiger partial charge in [-0.2, -0.15) is 4.31 Å². The van der Waals surface area contributed by atoms with Crippen LogP contribution in [0.1, 0.15) is 6.42 Å². The van der Waals surface area contributed by atoms with E-state index in [0.717, 1.165) is 25.2 Å². The molecule has 184 valence electrons. The number of nitrogens with zero attached hydrogens (tertiary/aromatic N) is 3. The summed E-state index contributed by atoms with van der Waals surface area (Å²) in [6.45, 7) is 3.32. The number of rotatable bonds is 8. The Morgan fingerprint density at radius 2 is 1.68 bits per heavy atom.